The van der Waals surface area contributed by atoms with E-state index in [-0.39, 0.29) is 0 Å². The predicted molar refractivity (Wildman–Crippen MR) is 151 cm³/mol. The lowest BCUT2D eigenvalue weighted by Gasteiger charge is -2.38. The van der Waals surface area contributed by atoms with Crippen LogP contribution in [-0.4, -0.2) is 72.7 Å². The summed E-state index contributed by atoms with van der Waals surface area (Å²) in [6, 6.07) is 12.9. The van der Waals surface area contributed by atoms with Crippen LogP contribution in [-0.2, 0) is 17.8 Å². The van der Waals surface area contributed by atoms with Gasteiger partial charge in [-0.2, -0.15) is 9.97 Å². The highest BCUT2D eigenvalue weighted by Gasteiger charge is 2.30. The van der Waals surface area contributed by atoms with Crippen molar-refractivity contribution >= 4 is 39.8 Å². The highest BCUT2D eigenvalue weighted by Crippen LogP contribution is 2.37. The summed E-state index contributed by atoms with van der Waals surface area (Å²) in [6.07, 6.45) is 2.97. The van der Waals surface area contributed by atoms with Crippen molar-refractivity contribution in [2.75, 3.05) is 55.7 Å². The van der Waals surface area contributed by atoms with Crippen LogP contribution in [0.2, 0.25) is 5.02 Å². The molecule has 0 spiro atoms. The van der Waals surface area contributed by atoms with Crippen molar-refractivity contribution in [3.63, 3.8) is 0 Å². The zero-order chi connectivity index (χ0) is 26.9. The molecule has 2 fully saturated rings. The van der Waals surface area contributed by atoms with Crippen molar-refractivity contribution in [2.24, 2.45) is 0 Å². The number of rotatable bonds is 6. The summed E-state index contributed by atoms with van der Waals surface area (Å²) in [6.45, 7) is 7.99. The number of hydrogen-bond acceptors (Lipinski definition) is 7. The lowest BCUT2D eigenvalue weighted by molar-refractivity contribution is -0.128. The first-order valence-corrected chi connectivity index (χ1v) is 13.9. The molecule has 10 heteroatoms. The first-order valence-electron chi connectivity index (χ1n) is 13.5. The fraction of sp³-hybridized carbons (Fsp3) is 0.414. The zero-order valence-electron chi connectivity index (χ0n) is 21.8. The Morgan fingerprint density at radius 2 is 1.90 bits per heavy atom. The molecule has 3 aliphatic rings. The number of carbonyl (C=O) groups is 1. The SMILES string of the molecule is C=C(F)C(=O)N1CCN(c2nc(OC[C@@H]3CCCN3)nc3c2CCN(c2cccc4cccc(Cl)c24)C3)CC1. The Hall–Kier alpha value is -3.43. The lowest BCUT2D eigenvalue weighted by Crippen LogP contribution is -2.49. The van der Waals surface area contributed by atoms with E-state index in [1.54, 1.807) is 0 Å². The first-order chi connectivity index (χ1) is 19.0. The van der Waals surface area contributed by atoms with Gasteiger partial charge in [-0.15, -0.1) is 0 Å². The zero-order valence-corrected chi connectivity index (χ0v) is 22.6. The monoisotopic (exact) mass is 550 g/mol. The van der Waals surface area contributed by atoms with Crippen LogP contribution < -0.4 is 19.9 Å². The number of aromatic nitrogens is 2. The van der Waals surface area contributed by atoms with Crippen LogP contribution in [0.4, 0.5) is 15.9 Å². The Labute approximate surface area is 232 Å². The van der Waals surface area contributed by atoms with E-state index in [1.165, 1.54) is 4.90 Å². The van der Waals surface area contributed by atoms with Crippen LogP contribution in [0, 0.1) is 0 Å². The van der Waals surface area contributed by atoms with Crippen molar-refractivity contribution in [1.29, 1.82) is 0 Å². The molecule has 0 saturated carbocycles. The predicted octanol–water partition coefficient (Wildman–Crippen LogP) is 4.11. The number of halogens is 2. The molecular weight excluding hydrogens is 519 g/mol. The summed E-state index contributed by atoms with van der Waals surface area (Å²) in [5, 5.41) is 6.33. The van der Waals surface area contributed by atoms with E-state index in [0.29, 0.717) is 51.4 Å². The fourth-order valence-electron chi connectivity index (χ4n) is 5.83. The minimum absolute atomic E-state index is 0.297. The van der Waals surface area contributed by atoms with Crippen LogP contribution in [0.25, 0.3) is 10.8 Å². The van der Waals surface area contributed by atoms with Crippen LogP contribution in [0.5, 0.6) is 6.01 Å². The molecule has 8 nitrogen and oxygen atoms in total. The summed E-state index contributed by atoms with van der Waals surface area (Å²) >= 11 is 6.65. The summed E-state index contributed by atoms with van der Waals surface area (Å²) in [4.78, 5) is 27.8. The third-order valence-corrected chi connectivity index (χ3v) is 8.18. The van der Waals surface area contributed by atoms with Gasteiger partial charge in [0.05, 0.1) is 17.3 Å². The van der Waals surface area contributed by atoms with E-state index >= 15 is 0 Å². The third-order valence-electron chi connectivity index (χ3n) is 7.87. The quantitative estimate of drug-likeness (QED) is 0.463. The number of piperazine rings is 1. The number of benzene rings is 2. The number of anilines is 2. The van der Waals surface area contributed by atoms with Crippen LogP contribution in [0.1, 0.15) is 24.1 Å². The molecule has 1 aromatic heterocycles. The molecule has 0 unspecified atom stereocenters. The molecule has 0 radical (unpaired) electrons. The van der Waals surface area contributed by atoms with Crippen LogP contribution in [0.15, 0.2) is 48.8 Å². The summed E-state index contributed by atoms with van der Waals surface area (Å²) in [5.74, 6) is -0.722. The van der Waals surface area contributed by atoms with Crippen molar-refractivity contribution in [1.82, 2.24) is 20.2 Å². The normalized spacial score (nSPS) is 19.3. The first kappa shape index (κ1) is 25.8. The lowest BCUT2D eigenvalue weighted by atomic mass is 10.0. The average Bonchev–Trinajstić information content (AvgIpc) is 3.49. The molecule has 4 heterocycles. The standard InChI is InChI=1S/C29H32ClFN6O2/c1-19(31)28(38)36-15-13-35(14-16-36)27-22-10-12-37(25-9-3-6-20-5-2-8-23(30)26(20)25)17-24(22)33-29(34-27)39-18-21-7-4-11-32-21/h2-3,5-6,8-9,21,32H,1,4,7,10-18H2/t21-/m0/s1. The third kappa shape index (κ3) is 5.25. The number of nitrogens with zero attached hydrogens (tertiary/aromatic N) is 5. The maximum atomic E-state index is 13.4. The topological polar surface area (TPSA) is 73.8 Å². The van der Waals surface area contributed by atoms with E-state index in [1.807, 2.05) is 12.1 Å². The van der Waals surface area contributed by atoms with Gasteiger partial charge in [0.1, 0.15) is 12.4 Å². The Morgan fingerprint density at radius 1 is 1.10 bits per heavy atom. The summed E-state index contributed by atoms with van der Waals surface area (Å²) in [7, 11) is 0. The number of fused-ring (bicyclic) bond motifs is 2. The molecule has 2 aromatic carbocycles. The molecule has 6 rings (SSSR count). The number of hydrogen-bond donors (Lipinski definition) is 1. The van der Waals surface area contributed by atoms with Gasteiger partial charge < -0.3 is 24.8 Å². The second-order valence-electron chi connectivity index (χ2n) is 10.3. The minimum atomic E-state index is -0.923. The molecule has 204 valence electrons. The molecule has 2 saturated heterocycles. The Kier molecular flexibility index (Phi) is 7.27. The molecule has 0 bridgehead atoms. The Balaban J connectivity index is 1.30. The molecule has 1 N–H and O–H groups in total. The van der Waals surface area contributed by atoms with Crippen molar-refractivity contribution < 1.29 is 13.9 Å². The van der Waals surface area contributed by atoms with Gasteiger partial charge >= 0.3 is 6.01 Å². The molecule has 1 amide bonds. The van der Waals surface area contributed by atoms with Gasteiger partial charge in [-0.25, -0.2) is 4.39 Å². The highest BCUT2D eigenvalue weighted by molar-refractivity contribution is 6.36. The van der Waals surface area contributed by atoms with Crippen molar-refractivity contribution in [3.8, 4) is 6.01 Å². The molecule has 0 aliphatic carbocycles. The minimum Gasteiger partial charge on any atom is -0.462 e. The number of amides is 1. The second kappa shape index (κ2) is 11.0. The largest absolute Gasteiger partial charge is 0.462 e. The smallest absolute Gasteiger partial charge is 0.318 e. The fourth-order valence-corrected chi connectivity index (χ4v) is 6.11. The van der Waals surface area contributed by atoms with Crippen LogP contribution in [0.3, 0.4) is 0 Å². The molecule has 1 atom stereocenters. The Bertz CT molecular complexity index is 1400. The van der Waals surface area contributed by atoms with Gasteiger partial charge in [0.25, 0.3) is 5.91 Å². The average molecular weight is 551 g/mol. The molecular formula is C29H32ClFN6O2. The van der Waals surface area contributed by atoms with E-state index in [2.05, 4.69) is 46.0 Å². The molecule has 3 aliphatic heterocycles. The Morgan fingerprint density at radius 3 is 2.64 bits per heavy atom. The maximum absolute atomic E-state index is 13.4. The van der Waals surface area contributed by atoms with Gasteiger partial charge in [-0.3, -0.25) is 4.79 Å². The number of carbonyl (C=O) groups excluding carboxylic acids is 1. The second-order valence-corrected chi connectivity index (χ2v) is 10.7. The van der Waals surface area contributed by atoms with E-state index in [9.17, 15) is 9.18 Å². The van der Waals surface area contributed by atoms with Crippen molar-refractivity contribution in [2.45, 2.75) is 31.8 Å². The summed E-state index contributed by atoms with van der Waals surface area (Å²) < 4.78 is 19.6. The number of ether oxygens (including phenoxy) is 1. The molecule has 3 aromatic rings. The maximum Gasteiger partial charge on any atom is 0.318 e. The van der Waals surface area contributed by atoms with Crippen LogP contribution >= 0.6 is 11.6 Å². The molecule has 39 heavy (non-hydrogen) atoms. The number of nitrogens with one attached hydrogen (secondary N) is 1. The van der Waals surface area contributed by atoms with Gasteiger partial charge in [0.2, 0.25) is 0 Å². The van der Waals surface area contributed by atoms with E-state index < -0.39 is 11.7 Å². The highest BCUT2D eigenvalue weighted by atomic mass is 35.5. The van der Waals surface area contributed by atoms with Gasteiger partial charge in [0.15, 0.2) is 5.83 Å². The van der Waals surface area contributed by atoms with E-state index in [4.69, 9.17) is 26.3 Å². The van der Waals surface area contributed by atoms with Crippen molar-refractivity contribution in [3.05, 3.63) is 65.1 Å². The summed E-state index contributed by atoms with van der Waals surface area (Å²) in [5.41, 5.74) is 3.11. The van der Waals surface area contributed by atoms with E-state index in [0.717, 1.165) is 70.9 Å². The van der Waals surface area contributed by atoms with Gasteiger partial charge in [-0.1, -0.05) is 42.4 Å². The van der Waals surface area contributed by atoms with Gasteiger partial charge in [-0.05, 0) is 43.3 Å². The van der Waals surface area contributed by atoms with Gasteiger partial charge in [0, 0.05) is 55.4 Å².